The molecule has 0 aliphatic carbocycles. The first-order valence-corrected chi connectivity index (χ1v) is 9.37. The van der Waals surface area contributed by atoms with Crippen LogP contribution < -0.4 is 15.8 Å². The maximum Gasteiger partial charge on any atom is 0.402 e. The molecule has 1 atom stereocenters. The fourth-order valence-corrected chi connectivity index (χ4v) is 3.51. The summed E-state index contributed by atoms with van der Waals surface area (Å²) in [5, 5.41) is 2.57. The van der Waals surface area contributed by atoms with Crippen LogP contribution in [0.2, 0.25) is 0 Å². The molecule has 0 aromatic heterocycles. The summed E-state index contributed by atoms with van der Waals surface area (Å²) >= 11 is 0. The molecule has 1 aromatic carbocycles. The quantitative estimate of drug-likeness (QED) is 0.634. The van der Waals surface area contributed by atoms with Gasteiger partial charge in [0.25, 0.3) is 0 Å². The number of sulfonamides is 1. The number of alkyl halides is 3. The van der Waals surface area contributed by atoms with Gasteiger partial charge in [-0.2, -0.15) is 13.2 Å². The number of nitrogens with two attached hydrogens (primary N) is 1. The molecule has 12 heteroatoms. The van der Waals surface area contributed by atoms with Crippen LogP contribution in [0, 0.1) is 5.92 Å². The van der Waals surface area contributed by atoms with Crippen molar-refractivity contribution in [2.75, 3.05) is 25.1 Å². The Bertz CT molecular complexity index is 723. The Morgan fingerprint density at radius 1 is 1.22 bits per heavy atom. The Balaban J connectivity index is 0.00000364. The highest BCUT2D eigenvalue weighted by molar-refractivity contribution is 7.89. The molecule has 1 amide bonds. The second-order valence-electron chi connectivity index (χ2n) is 5.93. The summed E-state index contributed by atoms with van der Waals surface area (Å²) in [6.07, 6.45) is -3.30. The predicted molar refractivity (Wildman–Crippen MR) is 95.1 cm³/mol. The number of ether oxygens (including phenoxy) is 1. The highest BCUT2D eigenvalue weighted by atomic mass is 35.5. The van der Waals surface area contributed by atoms with E-state index in [4.69, 9.17) is 10.5 Å². The lowest BCUT2D eigenvalue weighted by Gasteiger charge is -2.26. The van der Waals surface area contributed by atoms with Crippen LogP contribution in [0.4, 0.5) is 18.9 Å². The second-order valence-corrected chi connectivity index (χ2v) is 7.70. The monoisotopic (exact) mass is 431 g/mol. The SMILES string of the molecule is Cl.NC(C(=O)Nc1ccc(S(=O)(=O)NCC(F)(F)F)cc1)C1CCOCC1. The number of amides is 1. The van der Waals surface area contributed by atoms with Gasteiger partial charge in [-0.05, 0) is 43.0 Å². The summed E-state index contributed by atoms with van der Waals surface area (Å²) in [5.41, 5.74) is 6.24. The number of rotatable bonds is 6. The van der Waals surface area contributed by atoms with E-state index in [1.54, 1.807) is 0 Å². The third kappa shape index (κ3) is 7.26. The van der Waals surface area contributed by atoms with Crippen molar-refractivity contribution >= 4 is 34.0 Å². The summed E-state index contributed by atoms with van der Waals surface area (Å²) in [6, 6.07) is 4.06. The van der Waals surface area contributed by atoms with Crippen molar-refractivity contribution in [2.45, 2.75) is 30.0 Å². The molecule has 2 rings (SSSR count). The van der Waals surface area contributed by atoms with E-state index < -0.39 is 34.7 Å². The van der Waals surface area contributed by atoms with Crippen molar-refractivity contribution in [1.82, 2.24) is 4.72 Å². The van der Waals surface area contributed by atoms with Crippen LogP contribution in [0.15, 0.2) is 29.2 Å². The smallest absolute Gasteiger partial charge is 0.381 e. The van der Waals surface area contributed by atoms with E-state index in [0.29, 0.717) is 31.7 Å². The molecule has 7 nitrogen and oxygen atoms in total. The molecule has 0 spiro atoms. The normalized spacial score (nSPS) is 17.0. The molecule has 1 saturated heterocycles. The molecular formula is C15H21ClF3N3O4S. The number of hydrogen-bond acceptors (Lipinski definition) is 5. The van der Waals surface area contributed by atoms with Gasteiger partial charge < -0.3 is 15.8 Å². The van der Waals surface area contributed by atoms with E-state index in [0.717, 1.165) is 12.1 Å². The van der Waals surface area contributed by atoms with Crippen molar-refractivity contribution in [2.24, 2.45) is 11.7 Å². The number of hydrogen-bond donors (Lipinski definition) is 3. The zero-order chi connectivity index (χ0) is 19.4. The first kappa shape index (κ1) is 23.6. The van der Waals surface area contributed by atoms with E-state index in [9.17, 15) is 26.4 Å². The molecular weight excluding hydrogens is 411 g/mol. The van der Waals surface area contributed by atoms with Gasteiger partial charge in [0.2, 0.25) is 15.9 Å². The first-order valence-electron chi connectivity index (χ1n) is 7.89. The largest absolute Gasteiger partial charge is 0.402 e. The predicted octanol–water partition coefficient (Wildman–Crippen LogP) is 1.64. The first-order chi connectivity index (χ1) is 12.1. The van der Waals surface area contributed by atoms with Gasteiger partial charge in [0, 0.05) is 18.9 Å². The highest BCUT2D eigenvalue weighted by Crippen LogP contribution is 2.20. The highest BCUT2D eigenvalue weighted by Gasteiger charge is 2.30. The third-order valence-electron chi connectivity index (χ3n) is 3.97. The summed E-state index contributed by atoms with van der Waals surface area (Å²) in [5.74, 6) is -0.419. The molecule has 1 aliphatic rings. The van der Waals surface area contributed by atoms with Gasteiger partial charge >= 0.3 is 6.18 Å². The van der Waals surface area contributed by atoms with Gasteiger partial charge in [-0.15, -0.1) is 12.4 Å². The van der Waals surface area contributed by atoms with Gasteiger partial charge in [0.05, 0.1) is 10.9 Å². The summed E-state index contributed by atoms with van der Waals surface area (Å²) < 4.78 is 66.7. The van der Waals surface area contributed by atoms with Crippen molar-refractivity contribution in [3.05, 3.63) is 24.3 Å². The maximum atomic E-state index is 12.2. The molecule has 27 heavy (non-hydrogen) atoms. The fourth-order valence-electron chi connectivity index (χ4n) is 2.49. The van der Waals surface area contributed by atoms with Crippen molar-refractivity contribution in [1.29, 1.82) is 0 Å². The summed E-state index contributed by atoms with van der Waals surface area (Å²) in [7, 11) is -4.29. The summed E-state index contributed by atoms with van der Waals surface area (Å²) in [6.45, 7) is -0.569. The van der Waals surface area contributed by atoms with Crippen LogP contribution >= 0.6 is 12.4 Å². The molecule has 0 radical (unpaired) electrons. The van der Waals surface area contributed by atoms with Gasteiger partial charge in [-0.1, -0.05) is 0 Å². The van der Waals surface area contributed by atoms with E-state index in [1.807, 2.05) is 0 Å². The lowest BCUT2D eigenvalue weighted by atomic mass is 9.92. The van der Waals surface area contributed by atoms with Crippen molar-refractivity contribution in [3.63, 3.8) is 0 Å². The Labute approximate surface area is 161 Å². The maximum absolute atomic E-state index is 12.2. The molecule has 154 valence electrons. The standard InChI is InChI=1S/C15H20F3N3O4S.ClH/c16-15(17,18)9-20-26(23,24)12-3-1-11(2-4-12)21-14(22)13(19)10-5-7-25-8-6-10;/h1-4,10,13,20H,5-9,19H2,(H,21,22);1H. The van der Waals surface area contributed by atoms with Crippen molar-refractivity contribution in [3.8, 4) is 0 Å². The van der Waals surface area contributed by atoms with E-state index in [1.165, 1.54) is 16.9 Å². The number of carbonyl (C=O) groups is 1. The fraction of sp³-hybridized carbons (Fsp3) is 0.533. The minimum atomic E-state index is -4.65. The Hall–Kier alpha value is -1.40. The molecule has 1 aromatic rings. The van der Waals surface area contributed by atoms with E-state index in [2.05, 4.69) is 5.32 Å². The van der Waals surface area contributed by atoms with Gasteiger partial charge in [-0.25, -0.2) is 13.1 Å². The number of benzene rings is 1. The number of nitrogens with one attached hydrogen (secondary N) is 2. The third-order valence-corrected chi connectivity index (χ3v) is 5.39. The number of halogens is 4. The molecule has 0 saturated carbocycles. The molecule has 1 fully saturated rings. The minimum absolute atomic E-state index is 0. The molecule has 0 bridgehead atoms. The van der Waals surface area contributed by atoms with Crippen LogP contribution in [-0.2, 0) is 19.6 Å². The summed E-state index contributed by atoms with van der Waals surface area (Å²) in [4.78, 5) is 11.8. The Kier molecular flexibility index (Phi) is 8.48. The van der Waals surface area contributed by atoms with Crippen LogP contribution in [0.1, 0.15) is 12.8 Å². The Morgan fingerprint density at radius 2 is 1.78 bits per heavy atom. The zero-order valence-electron chi connectivity index (χ0n) is 14.2. The Morgan fingerprint density at radius 3 is 2.30 bits per heavy atom. The zero-order valence-corrected chi connectivity index (χ0v) is 15.8. The van der Waals surface area contributed by atoms with E-state index in [-0.39, 0.29) is 23.2 Å². The van der Waals surface area contributed by atoms with E-state index >= 15 is 0 Å². The molecule has 4 N–H and O–H groups in total. The topological polar surface area (TPSA) is 111 Å². The van der Waals surface area contributed by atoms with Crippen LogP contribution in [0.25, 0.3) is 0 Å². The molecule has 1 aliphatic heterocycles. The average Bonchev–Trinajstić information content (AvgIpc) is 2.60. The second kappa shape index (κ2) is 9.69. The van der Waals surface area contributed by atoms with Crippen LogP contribution in [0.5, 0.6) is 0 Å². The van der Waals surface area contributed by atoms with Crippen LogP contribution in [0.3, 0.4) is 0 Å². The van der Waals surface area contributed by atoms with Gasteiger partial charge in [0.15, 0.2) is 0 Å². The van der Waals surface area contributed by atoms with Gasteiger partial charge in [-0.3, -0.25) is 4.79 Å². The lowest BCUT2D eigenvalue weighted by Crippen LogP contribution is -2.44. The number of anilines is 1. The average molecular weight is 432 g/mol. The minimum Gasteiger partial charge on any atom is -0.381 e. The van der Waals surface area contributed by atoms with Gasteiger partial charge in [0.1, 0.15) is 6.54 Å². The molecule has 1 unspecified atom stereocenters. The van der Waals surface area contributed by atoms with Crippen LogP contribution in [-0.4, -0.2) is 46.3 Å². The van der Waals surface area contributed by atoms with Crippen molar-refractivity contribution < 1.29 is 31.1 Å². The number of carbonyl (C=O) groups excluding carboxylic acids is 1. The molecule has 1 heterocycles. The lowest BCUT2D eigenvalue weighted by molar-refractivity contribution is -0.121.